The standard InChI is InChI=1S/C14H12N4O5/c1-23-12-6-9(5-11(13(12)19)18(21)22)7-16-17-14(20)10-3-2-4-15-8-10/h2-8,19H,1H3,(H,17,20)/b16-7+. The highest BCUT2D eigenvalue weighted by molar-refractivity contribution is 5.94. The van der Waals surface area contributed by atoms with Crippen molar-refractivity contribution in [3.05, 3.63) is 57.9 Å². The summed E-state index contributed by atoms with van der Waals surface area (Å²) in [6.45, 7) is 0. The Morgan fingerprint density at radius 3 is 2.91 bits per heavy atom. The average Bonchev–Trinajstić information content (AvgIpc) is 2.56. The molecule has 0 saturated carbocycles. The van der Waals surface area contributed by atoms with Crippen LogP contribution in [0.2, 0.25) is 0 Å². The van der Waals surface area contributed by atoms with E-state index in [-0.39, 0.29) is 11.3 Å². The van der Waals surface area contributed by atoms with Crippen molar-refractivity contribution in [1.29, 1.82) is 0 Å². The van der Waals surface area contributed by atoms with Crippen molar-refractivity contribution < 1.29 is 19.6 Å². The number of nitrogens with one attached hydrogen (secondary N) is 1. The van der Waals surface area contributed by atoms with Crippen molar-refractivity contribution in [3.8, 4) is 11.5 Å². The van der Waals surface area contributed by atoms with Crippen LogP contribution in [0.15, 0.2) is 41.8 Å². The minimum Gasteiger partial charge on any atom is -0.500 e. The fourth-order valence-corrected chi connectivity index (χ4v) is 1.71. The Morgan fingerprint density at radius 2 is 2.30 bits per heavy atom. The van der Waals surface area contributed by atoms with Gasteiger partial charge in [-0.2, -0.15) is 5.10 Å². The Morgan fingerprint density at radius 1 is 1.52 bits per heavy atom. The summed E-state index contributed by atoms with van der Waals surface area (Å²) in [5, 5.41) is 24.2. The van der Waals surface area contributed by atoms with Gasteiger partial charge in [-0.05, 0) is 18.2 Å². The van der Waals surface area contributed by atoms with E-state index >= 15 is 0 Å². The van der Waals surface area contributed by atoms with Crippen LogP contribution in [0.4, 0.5) is 5.69 Å². The van der Waals surface area contributed by atoms with Crippen LogP contribution in [0.1, 0.15) is 15.9 Å². The van der Waals surface area contributed by atoms with Gasteiger partial charge < -0.3 is 9.84 Å². The quantitative estimate of drug-likeness (QED) is 0.488. The molecule has 9 heteroatoms. The van der Waals surface area contributed by atoms with Gasteiger partial charge in [-0.1, -0.05) is 0 Å². The lowest BCUT2D eigenvalue weighted by Gasteiger charge is -2.05. The van der Waals surface area contributed by atoms with E-state index in [4.69, 9.17) is 4.74 Å². The van der Waals surface area contributed by atoms with Crippen LogP contribution in [-0.2, 0) is 0 Å². The van der Waals surface area contributed by atoms with E-state index in [1.807, 2.05) is 0 Å². The van der Waals surface area contributed by atoms with Crippen molar-refractivity contribution in [1.82, 2.24) is 10.4 Å². The van der Waals surface area contributed by atoms with Crippen LogP contribution in [0, 0.1) is 10.1 Å². The Kier molecular flexibility index (Phi) is 4.82. The van der Waals surface area contributed by atoms with E-state index in [1.54, 1.807) is 12.1 Å². The van der Waals surface area contributed by atoms with Gasteiger partial charge in [-0.15, -0.1) is 0 Å². The van der Waals surface area contributed by atoms with Gasteiger partial charge in [0.25, 0.3) is 5.91 Å². The number of carbonyl (C=O) groups is 1. The number of hydrogen-bond donors (Lipinski definition) is 2. The molecule has 0 fully saturated rings. The highest BCUT2D eigenvalue weighted by Gasteiger charge is 2.19. The van der Waals surface area contributed by atoms with Gasteiger partial charge in [0.1, 0.15) is 0 Å². The number of methoxy groups -OCH3 is 1. The van der Waals surface area contributed by atoms with Crippen LogP contribution in [0.25, 0.3) is 0 Å². The smallest absolute Gasteiger partial charge is 0.315 e. The minimum absolute atomic E-state index is 0.0702. The molecule has 0 aliphatic rings. The van der Waals surface area contributed by atoms with E-state index in [0.717, 1.165) is 6.07 Å². The molecule has 2 N–H and O–H groups in total. The first-order chi connectivity index (χ1) is 11.0. The Bertz CT molecular complexity index is 761. The third kappa shape index (κ3) is 3.79. The number of nitrogens with zero attached hydrogens (tertiary/aromatic N) is 3. The second-order valence-corrected chi connectivity index (χ2v) is 4.29. The zero-order valence-corrected chi connectivity index (χ0v) is 12.0. The van der Waals surface area contributed by atoms with Gasteiger partial charge >= 0.3 is 5.69 Å². The fourth-order valence-electron chi connectivity index (χ4n) is 1.71. The molecule has 1 aromatic heterocycles. The third-order valence-electron chi connectivity index (χ3n) is 2.80. The number of ether oxygens (including phenoxy) is 1. The van der Waals surface area contributed by atoms with Crippen LogP contribution in [0.3, 0.4) is 0 Å². The largest absolute Gasteiger partial charge is 0.500 e. The maximum atomic E-state index is 11.7. The summed E-state index contributed by atoms with van der Waals surface area (Å²) >= 11 is 0. The number of amides is 1. The molecule has 9 nitrogen and oxygen atoms in total. The lowest BCUT2D eigenvalue weighted by Crippen LogP contribution is -2.17. The number of phenolic OH excluding ortho intramolecular Hbond substituents is 1. The van der Waals surface area contributed by atoms with Crippen LogP contribution >= 0.6 is 0 Å². The van der Waals surface area contributed by atoms with E-state index in [9.17, 15) is 20.0 Å². The van der Waals surface area contributed by atoms with Crippen molar-refractivity contribution in [2.75, 3.05) is 7.11 Å². The minimum atomic E-state index is -0.747. The Balaban J connectivity index is 2.18. The predicted molar refractivity (Wildman–Crippen MR) is 80.6 cm³/mol. The molecule has 0 aliphatic carbocycles. The lowest BCUT2D eigenvalue weighted by atomic mass is 10.2. The van der Waals surface area contributed by atoms with Crippen LogP contribution in [-0.4, -0.2) is 34.2 Å². The van der Waals surface area contributed by atoms with Crippen molar-refractivity contribution in [3.63, 3.8) is 0 Å². The summed E-state index contributed by atoms with van der Waals surface area (Å²) in [4.78, 5) is 25.7. The first kappa shape index (κ1) is 15.9. The number of rotatable bonds is 5. The molecular weight excluding hydrogens is 304 g/mol. The van der Waals surface area contributed by atoms with E-state index < -0.39 is 22.3 Å². The summed E-state index contributed by atoms with van der Waals surface area (Å²) in [6, 6.07) is 5.62. The van der Waals surface area contributed by atoms with Crippen LogP contribution in [0.5, 0.6) is 11.5 Å². The summed E-state index contributed by atoms with van der Waals surface area (Å²) in [5.74, 6) is -1.12. The maximum Gasteiger partial charge on any atom is 0.315 e. The predicted octanol–water partition coefficient (Wildman–Crippen LogP) is 1.47. The average molecular weight is 316 g/mol. The molecule has 0 saturated heterocycles. The highest BCUT2D eigenvalue weighted by Crippen LogP contribution is 2.36. The van der Waals surface area contributed by atoms with Crippen LogP contribution < -0.4 is 10.2 Å². The molecule has 1 aromatic carbocycles. The Hall–Kier alpha value is -3.49. The number of hydrazone groups is 1. The first-order valence-corrected chi connectivity index (χ1v) is 6.31. The van der Waals surface area contributed by atoms with Gasteiger partial charge in [0, 0.05) is 24.0 Å². The van der Waals surface area contributed by atoms with E-state index in [1.165, 1.54) is 31.8 Å². The van der Waals surface area contributed by atoms with Gasteiger partial charge in [0.05, 0.1) is 23.8 Å². The second-order valence-electron chi connectivity index (χ2n) is 4.29. The number of pyridine rings is 1. The molecule has 1 amide bonds. The Labute approximate surface area is 130 Å². The third-order valence-corrected chi connectivity index (χ3v) is 2.80. The molecular formula is C14H12N4O5. The van der Waals surface area contributed by atoms with Gasteiger partial charge in [0.2, 0.25) is 5.75 Å². The summed E-state index contributed by atoms with van der Waals surface area (Å²) in [7, 11) is 1.27. The molecule has 0 atom stereocenters. The topological polar surface area (TPSA) is 127 Å². The molecule has 0 radical (unpaired) electrons. The number of nitro groups is 1. The summed E-state index contributed by atoms with van der Waals surface area (Å²) in [6.07, 6.45) is 4.10. The van der Waals surface area contributed by atoms with Crippen molar-refractivity contribution in [2.24, 2.45) is 5.10 Å². The molecule has 0 unspecified atom stereocenters. The zero-order chi connectivity index (χ0) is 16.8. The molecule has 0 spiro atoms. The van der Waals surface area contributed by atoms with Gasteiger partial charge in [-0.3, -0.25) is 19.9 Å². The summed E-state index contributed by atoms with van der Waals surface area (Å²) in [5.41, 5.74) is 2.34. The first-order valence-electron chi connectivity index (χ1n) is 6.31. The molecule has 0 bridgehead atoms. The number of hydrogen-bond acceptors (Lipinski definition) is 7. The highest BCUT2D eigenvalue weighted by atomic mass is 16.6. The number of benzene rings is 1. The van der Waals surface area contributed by atoms with Gasteiger partial charge in [-0.25, -0.2) is 5.43 Å². The summed E-state index contributed by atoms with van der Waals surface area (Å²) < 4.78 is 4.86. The van der Waals surface area contributed by atoms with Crippen molar-refractivity contribution in [2.45, 2.75) is 0 Å². The number of aromatic nitrogens is 1. The number of carbonyl (C=O) groups excluding carboxylic acids is 1. The number of aromatic hydroxyl groups is 1. The van der Waals surface area contributed by atoms with Crippen molar-refractivity contribution >= 4 is 17.8 Å². The maximum absolute atomic E-state index is 11.7. The molecule has 0 aliphatic heterocycles. The zero-order valence-electron chi connectivity index (χ0n) is 12.0. The van der Waals surface area contributed by atoms with Gasteiger partial charge in [0.15, 0.2) is 5.75 Å². The molecule has 1 heterocycles. The second kappa shape index (κ2) is 6.98. The number of phenols is 1. The molecule has 118 valence electrons. The molecule has 23 heavy (non-hydrogen) atoms. The number of nitro benzene ring substituents is 1. The monoisotopic (exact) mass is 316 g/mol. The normalized spacial score (nSPS) is 10.5. The van der Waals surface area contributed by atoms with E-state index in [2.05, 4.69) is 15.5 Å². The fraction of sp³-hybridized carbons (Fsp3) is 0.0714. The molecule has 2 rings (SSSR count). The SMILES string of the molecule is COc1cc(/C=N/NC(=O)c2cccnc2)cc([N+](=O)[O-])c1O. The molecule has 2 aromatic rings. The van der Waals surface area contributed by atoms with E-state index in [0.29, 0.717) is 5.56 Å². The lowest BCUT2D eigenvalue weighted by molar-refractivity contribution is -0.386.